The molecule has 1 N–H and O–H groups in total. The van der Waals surface area contributed by atoms with Crippen LogP contribution in [0.3, 0.4) is 0 Å². The van der Waals surface area contributed by atoms with E-state index >= 15 is 0 Å². The molecule has 0 spiro atoms. The van der Waals surface area contributed by atoms with E-state index in [1.54, 1.807) is 0 Å². The fourth-order valence-electron chi connectivity index (χ4n) is 2.06. The zero-order valence-corrected chi connectivity index (χ0v) is 10.1. The lowest BCUT2D eigenvalue weighted by Crippen LogP contribution is -2.56. The van der Waals surface area contributed by atoms with Gasteiger partial charge in [0, 0.05) is 5.92 Å². The van der Waals surface area contributed by atoms with Crippen molar-refractivity contribution in [3.05, 3.63) is 0 Å². The van der Waals surface area contributed by atoms with Gasteiger partial charge in [0.05, 0.1) is 6.61 Å². The number of aliphatic carboxylic acids is 1. The highest BCUT2D eigenvalue weighted by atomic mass is 16.6. The summed E-state index contributed by atoms with van der Waals surface area (Å²) in [4.78, 5) is 32.0. The molecule has 0 aromatic heterocycles. The van der Waals surface area contributed by atoms with Crippen LogP contribution in [0.25, 0.3) is 0 Å². The monoisotopic (exact) mass is 260 g/mol. The lowest BCUT2D eigenvalue weighted by atomic mass is 9.84. The number of carbonyl (C=O) groups is 3. The van der Waals surface area contributed by atoms with Gasteiger partial charge in [-0.1, -0.05) is 13.8 Å². The number of hydrogen-bond donors (Lipinski definition) is 1. The average molecular weight is 260 g/mol. The van der Waals surface area contributed by atoms with Crippen molar-refractivity contribution in [3.63, 3.8) is 0 Å². The van der Waals surface area contributed by atoms with Gasteiger partial charge in [0.15, 0.2) is 12.2 Å². The zero-order valence-electron chi connectivity index (χ0n) is 10.1. The number of ether oxygens (including phenoxy) is 3. The minimum absolute atomic E-state index is 0.0856. The van der Waals surface area contributed by atoms with E-state index < -0.39 is 24.3 Å². The van der Waals surface area contributed by atoms with Gasteiger partial charge in [-0.3, -0.25) is 9.59 Å². The van der Waals surface area contributed by atoms with Gasteiger partial charge < -0.3 is 19.3 Å². The third-order valence-electron chi connectivity index (χ3n) is 3.04. The van der Waals surface area contributed by atoms with Crippen LogP contribution in [0.15, 0.2) is 0 Å². The first-order valence-corrected chi connectivity index (χ1v) is 5.55. The summed E-state index contributed by atoms with van der Waals surface area (Å²) in [5, 5.41) is 8.98. The van der Waals surface area contributed by atoms with Crippen LogP contribution in [0.5, 0.6) is 0 Å². The molecule has 1 rings (SSSR count). The number of carbonyl (C=O) groups excluding carboxylic acids is 2. The smallest absolute Gasteiger partial charge is 0.336 e. The SMILES string of the molecule is CC(C)C1COC(C(=O)O)C(OC=O)C1OC=O. The predicted molar refractivity (Wildman–Crippen MR) is 57.6 cm³/mol. The molecule has 1 saturated heterocycles. The van der Waals surface area contributed by atoms with Crippen molar-refractivity contribution >= 4 is 18.9 Å². The third-order valence-corrected chi connectivity index (χ3v) is 3.04. The van der Waals surface area contributed by atoms with Crippen LogP contribution in [-0.2, 0) is 28.6 Å². The van der Waals surface area contributed by atoms with Crippen molar-refractivity contribution in [2.45, 2.75) is 32.2 Å². The Bertz CT molecular complexity index is 315. The second-order valence-electron chi connectivity index (χ2n) is 4.39. The summed E-state index contributed by atoms with van der Waals surface area (Å²) in [6.07, 6.45) is -3.27. The molecule has 0 aromatic carbocycles. The van der Waals surface area contributed by atoms with Crippen molar-refractivity contribution in [1.82, 2.24) is 0 Å². The van der Waals surface area contributed by atoms with Crippen LogP contribution < -0.4 is 0 Å². The Balaban J connectivity index is 2.96. The average Bonchev–Trinajstić information content (AvgIpc) is 2.30. The summed E-state index contributed by atoms with van der Waals surface area (Å²) in [5.74, 6) is -1.40. The van der Waals surface area contributed by atoms with Crippen LogP contribution in [0.4, 0.5) is 0 Å². The normalized spacial score (nSPS) is 31.7. The van der Waals surface area contributed by atoms with Crippen LogP contribution in [-0.4, -0.2) is 48.9 Å². The van der Waals surface area contributed by atoms with Crippen LogP contribution in [0.2, 0.25) is 0 Å². The van der Waals surface area contributed by atoms with E-state index in [9.17, 15) is 14.4 Å². The van der Waals surface area contributed by atoms with E-state index in [4.69, 9.17) is 19.3 Å². The lowest BCUT2D eigenvalue weighted by molar-refractivity contribution is -0.209. The molecule has 0 saturated carbocycles. The van der Waals surface area contributed by atoms with E-state index in [1.165, 1.54) is 0 Å². The molecular formula is C11H16O7. The first-order valence-electron chi connectivity index (χ1n) is 5.55. The number of hydrogen-bond acceptors (Lipinski definition) is 6. The van der Waals surface area contributed by atoms with Crippen molar-refractivity contribution < 1.29 is 33.7 Å². The number of carboxylic acid groups (broad SMARTS) is 1. The van der Waals surface area contributed by atoms with Gasteiger partial charge in [-0.05, 0) is 5.92 Å². The quantitative estimate of drug-likeness (QED) is 0.661. The van der Waals surface area contributed by atoms with Gasteiger partial charge in [-0.2, -0.15) is 0 Å². The van der Waals surface area contributed by atoms with E-state index in [1.807, 2.05) is 13.8 Å². The second-order valence-corrected chi connectivity index (χ2v) is 4.39. The standard InChI is InChI=1S/C11H16O7/c1-6(2)7-3-16-10(11(14)15)9(18-5-13)8(7)17-4-12/h4-10H,3H2,1-2H3,(H,14,15). The molecule has 0 bridgehead atoms. The van der Waals surface area contributed by atoms with Crippen molar-refractivity contribution in [1.29, 1.82) is 0 Å². The van der Waals surface area contributed by atoms with E-state index in [0.29, 0.717) is 0 Å². The Morgan fingerprint density at radius 2 is 1.83 bits per heavy atom. The summed E-state index contributed by atoms with van der Waals surface area (Å²) >= 11 is 0. The van der Waals surface area contributed by atoms with Crippen molar-refractivity contribution in [2.24, 2.45) is 11.8 Å². The molecule has 0 amide bonds. The molecule has 7 heteroatoms. The molecule has 7 nitrogen and oxygen atoms in total. The molecule has 102 valence electrons. The van der Waals surface area contributed by atoms with E-state index in [0.717, 1.165) is 0 Å². The van der Waals surface area contributed by atoms with Gasteiger partial charge in [0.25, 0.3) is 12.9 Å². The Labute approximate surface area is 104 Å². The first-order chi connectivity index (χ1) is 8.52. The maximum Gasteiger partial charge on any atom is 0.336 e. The molecule has 0 aliphatic carbocycles. The largest absolute Gasteiger partial charge is 0.479 e. The summed E-state index contributed by atoms with van der Waals surface area (Å²) in [6.45, 7) is 4.26. The van der Waals surface area contributed by atoms with E-state index in [2.05, 4.69) is 0 Å². The summed E-state index contributed by atoms with van der Waals surface area (Å²) in [6, 6.07) is 0. The van der Waals surface area contributed by atoms with Gasteiger partial charge in [-0.25, -0.2) is 4.79 Å². The molecule has 4 atom stereocenters. The molecular weight excluding hydrogens is 244 g/mol. The topological polar surface area (TPSA) is 99.1 Å². The molecule has 0 radical (unpaired) electrons. The Kier molecular flexibility index (Phi) is 5.08. The maximum absolute atomic E-state index is 11.0. The minimum atomic E-state index is -1.32. The molecule has 1 fully saturated rings. The second kappa shape index (κ2) is 6.34. The van der Waals surface area contributed by atoms with Gasteiger partial charge in [0.1, 0.15) is 6.10 Å². The number of carboxylic acids is 1. The maximum atomic E-state index is 11.0. The molecule has 18 heavy (non-hydrogen) atoms. The Morgan fingerprint density at radius 3 is 2.28 bits per heavy atom. The minimum Gasteiger partial charge on any atom is -0.479 e. The van der Waals surface area contributed by atoms with Gasteiger partial charge in [-0.15, -0.1) is 0 Å². The van der Waals surface area contributed by atoms with Crippen LogP contribution in [0.1, 0.15) is 13.8 Å². The van der Waals surface area contributed by atoms with Gasteiger partial charge >= 0.3 is 5.97 Å². The number of rotatable bonds is 6. The predicted octanol–water partition coefficient (Wildman–Crippen LogP) is -0.175. The Morgan fingerprint density at radius 1 is 1.28 bits per heavy atom. The fraction of sp³-hybridized carbons (Fsp3) is 0.727. The van der Waals surface area contributed by atoms with Crippen LogP contribution in [0, 0.1) is 11.8 Å². The molecule has 1 aliphatic rings. The third kappa shape index (κ3) is 2.98. The lowest BCUT2D eigenvalue weighted by Gasteiger charge is -2.40. The Hall–Kier alpha value is -1.63. The zero-order chi connectivity index (χ0) is 13.7. The molecule has 0 aromatic rings. The highest BCUT2D eigenvalue weighted by Crippen LogP contribution is 2.30. The molecule has 1 aliphatic heterocycles. The van der Waals surface area contributed by atoms with Gasteiger partial charge in [0.2, 0.25) is 0 Å². The summed E-state index contributed by atoms with van der Waals surface area (Å²) < 4.78 is 14.8. The summed E-state index contributed by atoms with van der Waals surface area (Å²) in [7, 11) is 0. The highest BCUT2D eigenvalue weighted by Gasteiger charge is 2.47. The summed E-state index contributed by atoms with van der Waals surface area (Å²) in [5.41, 5.74) is 0. The fourth-order valence-corrected chi connectivity index (χ4v) is 2.06. The highest BCUT2D eigenvalue weighted by molar-refractivity contribution is 5.73. The van der Waals surface area contributed by atoms with Crippen LogP contribution >= 0.6 is 0 Å². The van der Waals surface area contributed by atoms with E-state index in [-0.39, 0.29) is 31.4 Å². The van der Waals surface area contributed by atoms with Crippen molar-refractivity contribution in [2.75, 3.05) is 6.61 Å². The first kappa shape index (κ1) is 14.4. The molecule has 1 heterocycles. The molecule has 4 unspecified atom stereocenters. The van der Waals surface area contributed by atoms with Crippen molar-refractivity contribution in [3.8, 4) is 0 Å².